The molecule has 0 unspecified atom stereocenters. The van der Waals surface area contributed by atoms with E-state index in [0.717, 1.165) is 16.0 Å². The van der Waals surface area contributed by atoms with Gasteiger partial charge in [-0.3, -0.25) is 14.9 Å². The lowest BCUT2D eigenvalue weighted by Crippen LogP contribution is -2.16. The average Bonchev–Trinajstić information content (AvgIpc) is 2.54. The SMILES string of the molecule is Cc1ccc(COC(=O)[C@@H](C)Sc2ccc([N+](=O)[O-])cc2)cc1. The highest BCUT2D eigenvalue weighted by atomic mass is 32.2. The van der Waals surface area contributed by atoms with Crippen LogP contribution in [0.3, 0.4) is 0 Å². The number of rotatable bonds is 6. The third-order valence-corrected chi connectivity index (χ3v) is 4.28. The van der Waals surface area contributed by atoms with E-state index in [0.29, 0.717) is 0 Å². The van der Waals surface area contributed by atoms with Crippen molar-refractivity contribution in [1.29, 1.82) is 0 Å². The Morgan fingerprint density at radius 3 is 2.35 bits per heavy atom. The number of thioether (sulfide) groups is 1. The maximum absolute atomic E-state index is 12.0. The molecule has 0 spiro atoms. The van der Waals surface area contributed by atoms with Gasteiger partial charge in [0.05, 0.1) is 4.92 Å². The molecule has 120 valence electrons. The van der Waals surface area contributed by atoms with Crippen LogP contribution in [0, 0.1) is 17.0 Å². The number of carbonyl (C=O) groups is 1. The Morgan fingerprint density at radius 2 is 1.78 bits per heavy atom. The topological polar surface area (TPSA) is 69.4 Å². The molecular formula is C17H17NO4S. The number of nitrogens with zero attached hydrogens (tertiary/aromatic N) is 1. The van der Waals surface area contributed by atoms with Crippen LogP contribution in [-0.2, 0) is 16.1 Å². The third-order valence-electron chi connectivity index (χ3n) is 3.19. The number of ether oxygens (including phenoxy) is 1. The van der Waals surface area contributed by atoms with Crippen LogP contribution in [0.2, 0.25) is 0 Å². The second-order valence-electron chi connectivity index (χ2n) is 5.10. The zero-order valence-electron chi connectivity index (χ0n) is 12.9. The van der Waals surface area contributed by atoms with Crippen LogP contribution in [0.4, 0.5) is 5.69 Å². The van der Waals surface area contributed by atoms with Gasteiger partial charge in [0.2, 0.25) is 0 Å². The second-order valence-corrected chi connectivity index (χ2v) is 6.52. The molecule has 0 aliphatic heterocycles. The van der Waals surface area contributed by atoms with E-state index in [9.17, 15) is 14.9 Å². The van der Waals surface area contributed by atoms with Crippen LogP contribution in [0.15, 0.2) is 53.4 Å². The summed E-state index contributed by atoms with van der Waals surface area (Å²) in [6.07, 6.45) is 0. The molecule has 2 rings (SSSR count). The Labute approximate surface area is 138 Å². The molecule has 0 saturated heterocycles. The molecule has 0 heterocycles. The maximum Gasteiger partial charge on any atom is 0.319 e. The molecule has 0 saturated carbocycles. The molecule has 5 nitrogen and oxygen atoms in total. The number of non-ortho nitro benzene ring substituents is 1. The van der Waals surface area contributed by atoms with Crippen molar-refractivity contribution in [1.82, 2.24) is 0 Å². The van der Waals surface area contributed by atoms with Gasteiger partial charge in [-0.15, -0.1) is 11.8 Å². The van der Waals surface area contributed by atoms with Gasteiger partial charge >= 0.3 is 5.97 Å². The Hall–Kier alpha value is -2.34. The number of esters is 1. The molecular weight excluding hydrogens is 314 g/mol. The first-order valence-corrected chi connectivity index (χ1v) is 7.97. The Balaban J connectivity index is 1.86. The molecule has 0 amide bonds. The van der Waals surface area contributed by atoms with Crippen molar-refractivity contribution in [2.45, 2.75) is 30.6 Å². The first kappa shape index (κ1) is 17.0. The Morgan fingerprint density at radius 1 is 1.17 bits per heavy atom. The van der Waals surface area contributed by atoms with Crippen molar-refractivity contribution in [2.75, 3.05) is 0 Å². The second kappa shape index (κ2) is 7.78. The fourth-order valence-corrected chi connectivity index (χ4v) is 2.72. The summed E-state index contributed by atoms with van der Waals surface area (Å²) in [5.41, 5.74) is 2.13. The van der Waals surface area contributed by atoms with Gasteiger partial charge in [-0.1, -0.05) is 29.8 Å². The number of carbonyl (C=O) groups excluding carboxylic acids is 1. The summed E-state index contributed by atoms with van der Waals surface area (Å²) in [4.78, 5) is 23.0. The number of nitro benzene ring substituents is 1. The van der Waals surface area contributed by atoms with Gasteiger partial charge in [-0.05, 0) is 31.5 Å². The Kier molecular flexibility index (Phi) is 5.76. The number of hydrogen-bond acceptors (Lipinski definition) is 5. The number of nitro groups is 1. The Bertz CT molecular complexity index is 683. The number of aryl methyl sites for hydroxylation is 1. The van der Waals surface area contributed by atoms with Crippen LogP contribution in [-0.4, -0.2) is 16.1 Å². The van der Waals surface area contributed by atoms with Crippen LogP contribution >= 0.6 is 11.8 Å². The van der Waals surface area contributed by atoms with Crippen LogP contribution in [0.5, 0.6) is 0 Å². The molecule has 0 aliphatic rings. The fourth-order valence-electron chi connectivity index (χ4n) is 1.85. The van der Waals surface area contributed by atoms with E-state index in [1.54, 1.807) is 19.1 Å². The smallest absolute Gasteiger partial charge is 0.319 e. The van der Waals surface area contributed by atoms with E-state index < -0.39 is 4.92 Å². The monoisotopic (exact) mass is 331 g/mol. The van der Waals surface area contributed by atoms with Gasteiger partial charge in [-0.2, -0.15) is 0 Å². The minimum absolute atomic E-state index is 0.0314. The van der Waals surface area contributed by atoms with Crippen molar-refractivity contribution >= 4 is 23.4 Å². The van der Waals surface area contributed by atoms with Crippen molar-refractivity contribution in [3.8, 4) is 0 Å². The maximum atomic E-state index is 12.0. The standard InChI is InChI=1S/C17H17NO4S/c1-12-3-5-14(6-4-12)11-22-17(19)13(2)23-16-9-7-15(8-10-16)18(20)21/h3-10,13H,11H2,1-2H3/t13-/m1/s1. The van der Waals surface area contributed by atoms with Crippen molar-refractivity contribution < 1.29 is 14.5 Å². The average molecular weight is 331 g/mol. The van der Waals surface area contributed by atoms with Gasteiger partial charge in [0.15, 0.2) is 0 Å². The van der Waals surface area contributed by atoms with Gasteiger partial charge in [-0.25, -0.2) is 0 Å². The molecule has 0 aliphatic carbocycles. The van der Waals surface area contributed by atoms with E-state index in [2.05, 4.69) is 0 Å². The molecule has 2 aromatic rings. The third kappa shape index (κ3) is 5.10. The summed E-state index contributed by atoms with van der Waals surface area (Å²) in [7, 11) is 0. The van der Waals surface area contributed by atoms with Crippen molar-refractivity contribution in [3.05, 3.63) is 69.8 Å². The molecule has 0 N–H and O–H groups in total. The summed E-state index contributed by atoms with van der Waals surface area (Å²) < 4.78 is 5.30. The highest BCUT2D eigenvalue weighted by Gasteiger charge is 2.16. The van der Waals surface area contributed by atoms with Crippen LogP contribution < -0.4 is 0 Å². The molecule has 6 heteroatoms. The molecule has 0 fully saturated rings. The molecule has 2 aromatic carbocycles. The quantitative estimate of drug-likeness (QED) is 0.344. The molecule has 1 atom stereocenters. The van der Waals surface area contributed by atoms with E-state index in [-0.39, 0.29) is 23.5 Å². The summed E-state index contributed by atoms with van der Waals surface area (Å²) in [6.45, 7) is 3.99. The lowest BCUT2D eigenvalue weighted by Gasteiger charge is -2.11. The van der Waals surface area contributed by atoms with E-state index in [1.165, 1.54) is 23.9 Å². The fraction of sp³-hybridized carbons (Fsp3) is 0.235. The lowest BCUT2D eigenvalue weighted by molar-refractivity contribution is -0.384. The minimum atomic E-state index is -0.451. The predicted octanol–water partition coefficient (Wildman–Crippen LogP) is 4.13. The van der Waals surface area contributed by atoms with Crippen molar-refractivity contribution in [2.24, 2.45) is 0 Å². The zero-order chi connectivity index (χ0) is 16.8. The van der Waals surface area contributed by atoms with E-state index in [4.69, 9.17) is 4.74 Å². The zero-order valence-corrected chi connectivity index (χ0v) is 13.7. The molecule has 23 heavy (non-hydrogen) atoms. The van der Waals surface area contributed by atoms with Gasteiger partial charge in [0.25, 0.3) is 5.69 Å². The summed E-state index contributed by atoms with van der Waals surface area (Å²) in [5.74, 6) is -0.311. The predicted molar refractivity (Wildman–Crippen MR) is 89.4 cm³/mol. The highest BCUT2D eigenvalue weighted by Crippen LogP contribution is 2.26. The van der Waals surface area contributed by atoms with Gasteiger partial charge < -0.3 is 4.74 Å². The largest absolute Gasteiger partial charge is 0.460 e. The van der Waals surface area contributed by atoms with Crippen LogP contribution in [0.1, 0.15) is 18.1 Å². The molecule has 0 radical (unpaired) electrons. The lowest BCUT2D eigenvalue weighted by atomic mass is 10.2. The summed E-state index contributed by atoms with van der Waals surface area (Å²) in [5, 5.41) is 10.2. The first-order valence-electron chi connectivity index (χ1n) is 7.09. The van der Waals surface area contributed by atoms with E-state index in [1.807, 2.05) is 31.2 Å². The normalized spacial score (nSPS) is 11.7. The minimum Gasteiger partial charge on any atom is -0.460 e. The highest BCUT2D eigenvalue weighted by molar-refractivity contribution is 8.00. The summed E-state index contributed by atoms with van der Waals surface area (Å²) >= 11 is 1.31. The summed E-state index contributed by atoms with van der Waals surface area (Å²) in [6, 6.07) is 13.9. The van der Waals surface area contributed by atoms with Crippen molar-refractivity contribution in [3.63, 3.8) is 0 Å². The van der Waals surface area contributed by atoms with Gasteiger partial charge in [0, 0.05) is 17.0 Å². The number of benzene rings is 2. The number of hydrogen-bond donors (Lipinski definition) is 0. The van der Waals surface area contributed by atoms with E-state index >= 15 is 0 Å². The first-order chi connectivity index (χ1) is 11.0. The van der Waals surface area contributed by atoms with Crippen LogP contribution in [0.25, 0.3) is 0 Å². The molecule has 0 aromatic heterocycles. The van der Waals surface area contributed by atoms with Gasteiger partial charge in [0.1, 0.15) is 11.9 Å². The molecule has 0 bridgehead atoms.